The van der Waals surface area contributed by atoms with E-state index >= 15 is 8.78 Å². The van der Waals surface area contributed by atoms with Gasteiger partial charge in [-0.15, -0.1) is 0 Å². The molecule has 5 rings (SSSR count). The molecule has 4 aliphatic rings. The number of ketones is 1. The lowest BCUT2D eigenvalue weighted by Gasteiger charge is -2.63. The van der Waals surface area contributed by atoms with Gasteiger partial charge in [0.1, 0.15) is 12.2 Å². The van der Waals surface area contributed by atoms with Crippen molar-refractivity contribution in [3.05, 3.63) is 48.0 Å². The van der Waals surface area contributed by atoms with Gasteiger partial charge >= 0.3 is 5.97 Å². The highest BCUT2D eigenvalue weighted by Gasteiger charge is 2.78. The van der Waals surface area contributed by atoms with Crippen molar-refractivity contribution in [1.29, 1.82) is 0 Å². The Labute approximate surface area is 216 Å². The maximum absolute atomic E-state index is 17.4. The van der Waals surface area contributed by atoms with Gasteiger partial charge in [0.15, 0.2) is 17.1 Å². The third kappa shape index (κ3) is 3.27. The van der Waals surface area contributed by atoms with Crippen LogP contribution in [0, 0.1) is 28.6 Å². The molecule has 1 N–H and O–H groups in total. The van der Waals surface area contributed by atoms with Crippen molar-refractivity contribution in [2.45, 2.75) is 63.6 Å². The minimum Gasteiger partial charge on any atom is -0.457 e. The Kier molecular flexibility index (Phi) is 6.10. The highest BCUT2D eigenvalue weighted by molar-refractivity contribution is 8.13. The summed E-state index contributed by atoms with van der Waals surface area (Å²) in [6.07, 6.45) is 1.16. The van der Waals surface area contributed by atoms with Gasteiger partial charge < -0.3 is 14.3 Å². The molecule has 0 bridgehead atoms. The number of halogens is 3. The van der Waals surface area contributed by atoms with Crippen molar-refractivity contribution < 1.29 is 41.8 Å². The van der Waals surface area contributed by atoms with E-state index in [1.54, 1.807) is 13.8 Å². The molecule has 6 nitrogen and oxygen atoms in total. The van der Waals surface area contributed by atoms with Gasteiger partial charge in [-0.3, -0.25) is 9.59 Å². The molecule has 9 atom stereocenters. The van der Waals surface area contributed by atoms with Crippen LogP contribution in [0.15, 0.2) is 46.6 Å². The number of fused-ring (bicyclic) bond motifs is 5. The van der Waals surface area contributed by atoms with Crippen LogP contribution < -0.4 is 0 Å². The molecular formula is C27H29F3O6S. The maximum Gasteiger partial charge on any atom is 0.375 e. The topological polar surface area (TPSA) is 93.8 Å². The van der Waals surface area contributed by atoms with Crippen molar-refractivity contribution >= 4 is 28.6 Å². The zero-order valence-electron chi connectivity index (χ0n) is 20.7. The fourth-order valence-corrected chi connectivity index (χ4v) is 8.76. The predicted octanol–water partition coefficient (Wildman–Crippen LogP) is 4.93. The molecule has 4 aliphatic carbocycles. The zero-order valence-corrected chi connectivity index (χ0v) is 21.5. The molecule has 1 aromatic rings. The number of rotatable bonds is 4. The lowest BCUT2D eigenvalue weighted by atomic mass is 9.44. The molecule has 10 heteroatoms. The average Bonchev–Trinajstić information content (AvgIpc) is 3.45. The van der Waals surface area contributed by atoms with Crippen molar-refractivity contribution in [3.63, 3.8) is 0 Å². The van der Waals surface area contributed by atoms with E-state index in [1.165, 1.54) is 37.5 Å². The summed E-state index contributed by atoms with van der Waals surface area (Å²) in [7, 11) is 0. The molecule has 0 unspecified atom stereocenters. The number of allylic oxidation sites excluding steroid dienone is 4. The van der Waals surface area contributed by atoms with Crippen LogP contribution in [-0.2, 0) is 14.3 Å². The van der Waals surface area contributed by atoms with Crippen LogP contribution >= 0.6 is 11.8 Å². The molecular weight excluding hydrogens is 509 g/mol. The van der Waals surface area contributed by atoms with Crippen molar-refractivity contribution in [2.75, 3.05) is 6.01 Å². The van der Waals surface area contributed by atoms with E-state index in [2.05, 4.69) is 0 Å². The second-order valence-electron chi connectivity index (χ2n) is 11.1. The van der Waals surface area contributed by atoms with Crippen LogP contribution in [-0.4, -0.2) is 51.5 Å². The highest BCUT2D eigenvalue weighted by Crippen LogP contribution is 2.72. The predicted molar refractivity (Wildman–Crippen MR) is 129 cm³/mol. The lowest BCUT2D eigenvalue weighted by Crippen LogP contribution is -2.70. The second-order valence-corrected chi connectivity index (χ2v) is 12.0. The Morgan fingerprint density at radius 1 is 1.27 bits per heavy atom. The highest BCUT2D eigenvalue weighted by atomic mass is 32.2. The van der Waals surface area contributed by atoms with E-state index < -0.39 is 75.0 Å². The summed E-state index contributed by atoms with van der Waals surface area (Å²) in [4.78, 5) is 38.7. The summed E-state index contributed by atoms with van der Waals surface area (Å²) in [5.41, 5.74) is -7.19. The number of aliphatic hydroxyl groups excluding tert-OH is 1. The summed E-state index contributed by atoms with van der Waals surface area (Å²) in [6, 6.07) is 1.78. The summed E-state index contributed by atoms with van der Waals surface area (Å²) in [5, 5.41) is 10.7. The molecule has 1 heterocycles. The Hall–Kier alpha value is -2.33. The zero-order chi connectivity index (χ0) is 27.0. The van der Waals surface area contributed by atoms with Gasteiger partial charge in [-0.05, 0) is 73.7 Å². The van der Waals surface area contributed by atoms with Crippen LogP contribution in [0.3, 0.4) is 0 Å². The summed E-state index contributed by atoms with van der Waals surface area (Å²) < 4.78 is 57.5. The van der Waals surface area contributed by atoms with E-state index in [0.29, 0.717) is 11.8 Å². The minimum atomic E-state index is -2.35. The average molecular weight is 539 g/mol. The first kappa shape index (κ1) is 26.3. The number of esters is 1. The van der Waals surface area contributed by atoms with E-state index in [9.17, 15) is 23.9 Å². The number of carbonyl (C=O) groups is 3. The quantitative estimate of drug-likeness (QED) is 0.544. The van der Waals surface area contributed by atoms with Crippen molar-refractivity contribution in [2.24, 2.45) is 28.6 Å². The Morgan fingerprint density at radius 2 is 2.00 bits per heavy atom. The molecule has 3 saturated carbocycles. The van der Waals surface area contributed by atoms with E-state index in [1.807, 2.05) is 0 Å². The molecule has 200 valence electrons. The first-order valence-electron chi connectivity index (χ1n) is 12.3. The molecule has 37 heavy (non-hydrogen) atoms. The van der Waals surface area contributed by atoms with Crippen LogP contribution in [0.25, 0.3) is 0 Å². The smallest absolute Gasteiger partial charge is 0.375 e. The number of carbonyl (C=O) groups excluding carboxylic acids is 3. The van der Waals surface area contributed by atoms with Gasteiger partial charge in [-0.2, -0.15) is 0 Å². The maximum atomic E-state index is 17.4. The number of alkyl halides is 3. The van der Waals surface area contributed by atoms with E-state index in [4.69, 9.17) is 9.15 Å². The number of thioether (sulfide) groups is 1. The van der Waals surface area contributed by atoms with Crippen LogP contribution in [0.2, 0.25) is 0 Å². The lowest BCUT2D eigenvalue weighted by molar-refractivity contribution is -0.221. The molecule has 0 amide bonds. The summed E-state index contributed by atoms with van der Waals surface area (Å²) in [6.45, 7) is 4.79. The molecule has 0 spiro atoms. The Bertz CT molecular complexity index is 1200. The number of hydrogen-bond donors (Lipinski definition) is 1. The van der Waals surface area contributed by atoms with E-state index in [-0.39, 0.29) is 30.6 Å². The largest absolute Gasteiger partial charge is 0.457 e. The molecule has 0 saturated heterocycles. The van der Waals surface area contributed by atoms with Gasteiger partial charge in [0.05, 0.1) is 12.4 Å². The van der Waals surface area contributed by atoms with Crippen LogP contribution in [0.1, 0.15) is 50.6 Å². The summed E-state index contributed by atoms with van der Waals surface area (Å²) in [5.74, 6) is -3.98. The molecule has 3 fully saturated rings. The molecule has 0 aliphatic heterocycles. The Balaban J connectivity index is 1.64. The monoisotopic (exact) mass is 538 g/mol. The van der Waals surface area contributed by atoms with Crippen molar-refractivity contribution in [3.8, 4) is 0 Å². The SMILES string of the molecule is C[C@@H]1C[C@H]2[C@@H]3C[C@H](F)C4=CC(=O)C=C[C@]4(C)[C@@]3(F)[C@H](O)C[C@]2(C)[C@@]1(OC(=O)c1ccco1)C(=O)SCF. The van der Waals surface area contributed by atoms with Crippen LogP contribution in [0.5, 0.6) is 0 Å². The van der Waals surface area contributed by atoms with E-state index in [0.717, 1.165) is 6.08 Å². The molecule has 0 radical (unpaired) electrons. The van der Waals surface area contributed by atoms with Gasteiger partial charge in [0, 0.05) is 22.7 Å². The third-order valence-corrected chi connectivity index (χ3v) is 10.3. The standard InChI is InChI=1S/C27H29F3O6S/c1-14-9-16-17-11-19(29)18-10-15(31)6-7-24(18,2)26(17,30)21(32)12-25(16,3)27(14,23(34)37-13-28)36-22(33)20-5-4-8-35-20/h4-8,10,14,16-17,19,21,32H,9,11-13H2,1-3H3/t14-,16+,17+,19+,21-,24+,25+,26+,27+/m1/s1. The number of aliphatic hydroxyl groups is 1. The second kappa shape index (κ2) is 8.59. The minimum absolute atomic E-state index is 0.00739. The fourth-order valence-electron chi connectivity index (χ4n) is 7.97. The molecule has 0 aromatic carbocycles. The van der Waals surface area contributed by atoms with Crippen molar-refractivity contribution in [1.82, 2.24) is 0 Å². The van der Waals surface area contributed by atoms with Gasteiger partial charge in [-0.25, -0.2) is 18.0 Å². The summed E-state index contributed by atoms with van der Waals surface area (Å²) >= 11 is 0.352. The fraction of sp³-hybridized carbons (Fsp3) is 0.593. The Morgan fingerprint density at radius 3 is 2.65 bits per heavy atom. The van der Waals surface area contributed by atoms with Crippen LogP contribution in [0.4, 0.5) is 13.2 Å². The number of hydrogen-bond acceptors (Lipinski definition) is 7. The third-order valence-electron chi connectivity index (χ3n) is 9.63. The number of ether oxygens (including phenoxy) is 1. The molecule has 1 aromatic heterocycles. The first-order chi connectivity index (χ1) is 17.4. The normalized spacial score (nSPS) is 44.5. The van der Waals surface area contributed by atoms with Gasteiger partial charge in [0.25, 0.3) is 0 Å². The first-order valence-corrected chi connectivity index (χ1v) is 13.3. The van der Waals surface area contributed by atoms with Gasteiger partial charge in [0.2, 0.25) is 10.9 Å². The van der Waals surface area contributed by atoms with Gasteiger partial charge in [-0.1, -0.05) is 19.9 Å². The number of furan rings is 1.